The normalized spacial score (nSPS) is 15.5. The smallest absolute Gasteiger partial charge is 0.0482 e. The lowest BCUT2D eigenvalue weighted by molar-refractivity contribution is 0.670. The number of hydrogen-bond acceptors (Lipinski definition) is 0. The summed E-state index contributed by atoms with van der Waals surface area (Å²) in [6.07, 6.45) is 14.9. The third-order valence-corrected chi connectivity index (χ3v) is 3.47. The van der Waals surface area contributed by atoms with Crippen LogP contribution in [0.25, 0.3) is 18.2 Å². The molecule has 0 unspecified atom stereocenters. The second-order valence-corrected chi connectivity index (χ2v) is 5.45. The summed E-state index contributed by atoms with van der Waals surface area (Å²) in [4.78, 5) is 0. The van der Waals surface area contributed by atoms with E-state index in [4.69, 9.17) is 0 Å². The third kappa shape index (κ3) is 3.22. The lowest BCUT2D eigenvalue weighted by Gasteiger charge is -2.12. The van der Waals surface area contributed by atoms with Crippen LogP contribution in [0.5, 0.6) is 0 Å². The van der Waals surface area contributed by atoms with Crippen LogP contribution < -0.4 is 10.6 Å². The molecule has 0 amide bonds. The van der Waals surface area contributed by atoms with Gasteiger partial charge in [-0.25, -0.2) is 0 Å². The maximum absolute atomic E-state index is 3.73. The second-order valence-electron chi connectivity index (χ2n) is 5.45. The molecule has 1 aliphatic rings. The van der Waals surface area contributed by atoms with Crippen LogP contribution in [-0.2, 0) is 7.05 Å². The highest BCUT2D eigenvalue weighted by molar-refractivity contribution is 5.58. The van der Waals surface area contributed by atoms with E-state index in [1.165, 1.54) is 21.8 Å². The fraction of sp³-hybridized carbons (Fsp3) is 0.368. The predicted molar refractivity (Wildman–Crippen MR) is 91.8 cm³/mol. The fourth-order valence-corrected chi connectivity index (χ4v) is 2.48. The van der Waals surface area contributed by atoms with Crippen LogP contribution in [0.4, 0.5) is 0 Å². The van der Waals surface area contributed by atoms with Crippen molar-refractivity contribution < 1.29 is 0 Å². The highest BCUT2D eigenvalue weighted by Crippen LogP contribution is 2.20. The zero-order valence-corrected chi connectivity index (χ0v) is 13.7. The van der Waals surface area contributed by atoms with Crippen LogP contribution in [0.2, 0.25) is 0 Å². The zero-order chi connectivity index (χ0) is 15.3. The van der Waals surface area contributed by atoms with Gasteiger partial charge in [-0.15, -0.1) is 0 Å². The third-order valence-electron chi connectivity index (χ3n) is 3.47. The standard InChI is InChI=1S/C17H21N.C2H6/c1-6-7-9-15-13(2)14-12-17(3,4)11-8-10-16(14)18(15)5;1-2/h6-12H,1H2,2-5H3;1-2H3/b9-7-;. The van der Waals surface area contributed by atoms with Crippen molar-refractivity contribution in [2.45, 2.75) is 34.6 Å². The largest absolute Gasteiger partial charge is 0.344 e. The Morgan fingerprint density at radius 3 is 2.50 bits per heavy atom. The first kappa shape index (κ1) is 16.3. The summed E-state index contributed by atoms with van der Waals surface area (Å²) in [5.74, 6) is 0. The number of nitrogens with zero attached hydrogens (tertiary/aromatic N) is 1. The van der Waals surface area contributed by atoms with Gasteiger partial charge in [0.05, 0.1) is 0 Å². The van der Waals surface area contributed by atoms with Crippen LogP contribution in [0, 0.1) is 12.3 Å². The van der Waals surface area contributed by atoms with E-state index in [0.29, 0.717) is 0 Å². The van der Waals surface area contributed by atoms with Gasteiger partial charge in [-0.2, -0.15) is 0 Å². The molecule has 0 spiro atoms. The van der Waals surface area contributed by atoms with Crippen LogP contribution >= 0.6 is 0 Å². The molecule has 108 valence electrons. The molecule has 0 atom stereocenters. The van der Waals surface area contributed by atoms with Crippen molar-refractivity contribution in [3.63, 3.8) is 0 Å². The highest BCUT2D eigenvalue weighted by Gasteiger charge is 2.14. The molecule has 1 aromatic heterocycles. The van der Waals surface area contributed by atoms with Crippen molar-refractivity contribution in [3.8, 4) is 0 Å². The Balaban J connectivity index is 0.000000956. The lowest BCUT2D eigenvalue weighted by Crippen LogP contribution is -2.29. The minimum absolute atomic E-state index is 0.104. The molecular formula is C19H27N. The van der Waals surface area contributed by atoms with Gasteiger partial charge in [0.1, 0.15) is 0 Å². The van der Waals surface area contributed by atoms with E-state index >= 15 is 0 Å². The number of rotatable bonds is 2. The second kappa shape index (κ2) is 6.60. The Labute approximate surface area is 123 Å². The molecule has 0 aliphatic heterocycles. The minimum atomic E-state index is 0.104. The first-order valence-electron chi connectivity index (χ1n) is 7.33. The molecule has 0 aromatic carbocycles. The monoisotopic (exact) mass is 269 g/mol. The topological polar surface area (TPSA) is 4.93 Å². The van der Waals surface area contributed by atoms with Gasteiger partial charge in [0.25, 0.3) is 0 Å². The summed E-state index contributed by atoms with van der Waals surface area (Å²) in [5.41, 5.74) is 2.69. The number of aromatic nitrogens is 1. The molecule has 0 N–H and O–H groups in total. The van der Waals surface area contributed by atoms with E-state index in [1.54, 1.807) is 0 Å². The van der Waals surface area contributed by atoms with E-state index in [0.717, 1.165) is 0 Å². The summed E-state index contributed by atoms with van der Waals surface area (Å²) in [6, 6.07) is 0. The summed E-state index contributed by atoms with van der Waals surface area (Å²) >= 11 is 0. The number of fused-ring (bicyclic) bond motifs is 1. The molecule has 0 radical (unpaired) electrons. The Kier molecular flexibility index (Phi) is 5.38. The SMILES string of the molecule is C=C/C=C\c1c(C)c2c(n1C)=CC=CC(C)(C)C=2.CC. The summed E-state index contributed by atoms with van der Waals surface area (Å²) in [5, 5.41) is 2.62. The molecule has 0 saturated heterocycles. The van der Waals surface area contributed by atoms with Crippen molar-refractivity contribution in [1.29, 1.82) is 0 Å². The van der Waals surface area contributed by atoms with Gasteiger partial charge in [0, 0.05) is 23.5 Å². The average Bonchev–Trinajstić information content (AvgIpc) is 2.56. The van der Waals surface area contributed by atoms with Gasteiger partial charge in [-0.1, -0.05) is 64.7 Å². The summed E-state index contributed by atoms with van der Waals surface area (Å²) in [6.45, 7) is 14.4. The van der Waals surface area contributed by atoms with Crippen LogP contribution in [0.15, 0.2) is 30.9 Å². The molecular weight excluding hydrogens is 242 g/mol. The molecule has 20 heavy (non-hydrogen) atoms. The number of hydrogen-bond donors (Lipinski definition) is 0. The van der Waals surface area contributed by atoms with Crippen LogP contribution in [-0.4, -0.2) is 4.57 Å². The molecule has 1 nitrogen and oxygen atoms in total. The zero-order valence-electron chi connectivity index (χ0n) is 13.7. The highest BCUT2D eigenvalue weighted by atomic mass is 14.9. The Morgan fingerprint density at radius 2 is 1.90 bits per heavy atom. The lowest BCUT2D eigenvalue weighted by atomic mass is 9.92. The Morgan fingerprint density at radius 1 is 1.25 bits per heavy atom. The van der Waals surface area contributed by atoms with Gasteiger partial charge in [-0.05, 0) is 29.9 Å². The summed E-state index contributed by atoms with van der Waals surface area (Å²) < 4.78 is 2.24. The molecule has 2 rings (SSSR count). The van der Waals surface area contributed by atoms with E-state index in [9.17, 15) is 0 Å². The molecule has 0 bridgehead atoms. The van der Waals surface area contributed by atoms with Crippen molar-refractivity contribution >= 4 is 18.2 Å². The summed E-state index contributed by atoms with van der Waals surface area (Å²) in [7, 11) is 2.12. The predicted octanol–water partition coefficient (Wildman–Crippen LogP) is 3.72. The van der Waals surface area contributed by atoms with Gasteiger partial charge >= 0.3 is 0 Å². The molecule has 1 heteroatoms. The van der Waals surface area contributed by atoms with E-state index in [2.05, 4.69) is 69.3 Å². The van der Waals surface area contributed by atoms with Crippen molar-refractivity contribution in [1.82, 2.24) is 4.57 Å². The maximum atomic E-state index is 3.73. The molecule has 0 saturated carbocycles. The van der Waals surface area contributed by atoms with Crippen LogP contribution in [0.1, 0.15) is 39.0 Å². The molecule has 1 heterocycles. The van der Waals surface area contributed by atoms with Gasteiger partial charge in [0.2, 0.25) is 0 Å². The molecule has 1 aromatic rings. The molecule has 1 aliphatic carbocycles. The quantitative estimate of drug-likeness (QED) is 0.721. The average molecular weight is 269 g/mol. The van der Waals surface area contributed by atoms with E-state index in [-0.39, 0.29) is 5.41 Å². The van der Waals surface area contributed by atoms with Crippen molar-refractivity contribution in [3.05, 3.63) is 52.7 Å². The van der Waals surface area contributed by atoms with E-state index < -0.39 is 0 Å². The van der Waals surface area contributed by atoms with Gasteiger partial charge in [-0.3, -0.25) is 0 Å². The van der Waals surface area contributed by atoms with Crippen molar-refractivity contribution in [2.75, 3.05) is 0 Å². The van der Waals surface area contributed by atoms with Crippen LogP contribution in [0.3, 0.4) is 0 Å². The van der Waals surface area contributed by atoms with E-state index in [1.807, 2.05) is 26.0 Å². The molecule has 0 fully saturated rings. The first-order valence-corrected chi connectivity index (χ1v) is 7.33. The number of allylic oxidation sites excluding steroid dienone is 4. The Bertz CT molecular complexity index is 649. The van der Waals surface area contributed by atoms with Crippen molar-refractivity contribution in [2.24, 2.45) is 12.5 Å². The Hall–Kier alpha value is -1.76. The first-order chi connectivity index (χ1) is 9.46. The maximum Gasteiger partial charge on any atom is 0.0482 e. The fourth-order valence-electron chi connectivity index (χ4n) is 2.48. The minimum Gasteiger partial charge on any atom is -0.344 e. The van der Waals surface area contributed by atoms with Gasteiger partial charge in [0.15, 0.2) is 0 Å². The van der Waals surface area contributed by atoms with Gasteiger partial charge < -0.3 is 4.57 Å².